The summed E-state index contributed by atoms with van der Waals surface area (Å²) in [5, 5.41) is 3.48. The molecule has 272 valence electrons. The van der Waals surface area contributed by atoms with Gasteiger partial charge in [-0.3, -0.25) is 19.3 Å². The molecule has 0 spiro atoms. The Hall–Kier alpha value is -2.63. The minimum absolute atomic E-state index is 0.0455. The molecule has 1 saturated carbocycles. The van der Waals surface area contributed by atoms with Crippen molar-refractivity contribution in [2.24, 2.45) is 17.3 Å². The maximum atomic E-state index is 15.4. The van der Waals surface area contributed by atoms with Crippen molar-refractivity contribution in [3.8, 4) is 0 Å². The number of nitrogens with one attached hydrogen (secondary N) is 1. The number of benzene rings is 1. The Labute approximate surface area is 291 Å². The van der Waals surface area contributed by atoms with Crippen molar-refractivity contribution in [3.05, 3.63) is 35.4 Å². The van der Waals surface area contributed by atoms with Gasteiger partial charge in [0.15, 0.2) is 0 Å². The molecule has 1 N–H and O–H groups in total. The number of ether oxygens (including phenoxy) is 1. The number of hydrogen-bond acceptors (Lipinski definition) is 6. The first-order valence-corrected chi connectivity index (χ1v) is 18.5. The van der Waals surface area contributed by atoms with E-state index in [0.717, 1.165) is 51.3 Å². The molecule has 4 saturated heterocycles. The van der Waals surface area contributed by atoms with Gasteiger partial charge in [-0.1, -0.05) is 19.9 Å². The third-order valence-electron chi connectivity index (χ3n) is 12.5. The Morgan fingerprint density at radius 2 is 1.63 bits per heavy atom. The molecule has 1 aromatic rings. The van der Waals surface area contributed by atoms with E-state index in [2.05, 4.69) is 49.7 Å². The van der Waals surface area contributed by atoms with E-state index in [1.165, 1.54) is 12.1 Å². The summed E-state index contributed by atoms with van der Waals surface area (Å²) >= 11 is 0. The van der Waals surface area contributed by atoms with Gasteiger partial charge in [-0.05, 0) is 89.8 Å². The lowest BCUT2D eigenvalue weighted by atomic mass is 9.64. The fraction of sp³-hybridized carbons (Fsp3) is 0.763. The molecule has 5 aliphatic rings. The molecule has 49 heavy (non-hydrogen) atoms. The summed E-state index contributed by atoms with van der Waals surface area (Å²) in [4.78, 5) is 51.2. The fourth-order valence-electron chi connectivity index (χ4n) is 9.00. The normalized spacial score (nSPS) is 30.9. The number of carbonyl (C=O) groups excluding carboxylic acids is 3. The average molecular weight is 686 g/mol. The third-order valence-corrected chi connectivity index (χ3v) is 12.5. The van der Waals surface area contributed by atoms with Crippen LogP contribution < -0.4 is 5.32 Å². The van der Waals surface area contributed by atoms with Gasteiger partial charge in [-0.25, -0.2) is 8.78 Å². The molecule has 4 aliphatic heterocycles. The number of nitrogens with zero attached hydrogens (tertiary/aromatic N) is 4. The third kappa shape index (κ3) is 7.54. The SMILES string of the molecule is CN1CCN(C(=O)[C@@H]2C[C@H](C3(NC(=O)C4CCCO4)CCC(C)(C)CC3)CN2C(=O)[C@@H]2CN(C(C)(C)C)C[C@H]2c2ccc(F)cc2F)CC1. The maximum Gasteiger partial charge on any atom is 0.249 e. The number of hydrogen-bond donors (Lipinski definition) is 1. The van der Waals surface area contributed by atoms with Crippen LogP contribution in [0.2, 0.25) is 0 Å². The number of piperazine rings is 1. The van der Waals surface area contributed by atoms with Crippen molar-refractivity contribution in [3.63, 3.8) is 0 Å². The van der Waals surface area contributed by atoms with Crippen molar-refractivity contribution in [1.82, 2.24) is 24.9 Å². The zero-order valence-electron chi connectivity index (χ0n) is 30.4. The van der Waals surface area contributed by atoms with Gasteiger partial charge in [0.05, 0.1) is 5.92 Å². The fourth-order valence-corrected chi connectivity index (χ4v) is 9.00. The number of carbonyl (C=O) groups is 3. The molecule has 5 fully saturated rings. The first kappa shape index (κ1) is 36.2. The lowest BCUT2D eigenvalue weighted by Gasteiger charge is -2.48. The highest BCUT2D eigenvalue weighted by Crippen LogP contribution is 2.48. The monoisotopic (exact) mass is 685 g/mol. The summed E-state index contributed by atoms with van der Waals surface area (Å²) < 4.78 is 35.2. The van der Waals surface area contributed by atoms with Crippen LogP contribution in [0.5, 0.6) is 0 Å². The van der Waals surface area contributed by atoms with Crippen LogP contribution in [-0.4, -0.2) is 120 Å². The van der Waals surface area contributed by atoms with E-state index < -0.39 is 41.2 Å². The van der Waals surface area contributed by atoms with Gasteiger partial charge in [-0.2, -0.15) is 0 Å². The predicted octanol–water partition coefficient (Wildman–Crippen LogP) is 4.40. The molecule has 0 radical (unpaired) electrons. The maximum absolute atomic E-state index is 15.4. The van der Waals surface area contributed by atoms with E-state index in [1.54, 1.807) is 4.90 Å². The lowest BCUT2D eigenvalue weighted by molar-refractivity contribution is -0.147. The van der Waals surface area contributed by atoms with Crippen LogP contribution in [0.1, 0.15) is 91.0 Å². The van der Waals surface area contributed by atoms with Crippen LogP contribution >= 0.6 is 0 Å². The number of halogens is 2. The molecule has 0 bridgehead atoms. The van der Waals surface area contributed by atoms with Crippen LogP contribution in [-0.2, 0) is 19.1 Å². The minimum Gasteiger partial charge on any atom is -0.368 e. The number of likely N-dealkylation sites (tertiary alicyclic amines) is 2. The molecule has 9 nitrogen and oxygen atoms in total. The summed E-state index contributed by atoms with van der Waals surface area (Å²) in [7, 11) is 2.05. The van der Waals surface area contributed by atoms with Crippen molar-refractivity contribution < 1.29 is 27.9 Å². The second-order valence-electron chi connectivity index (χ2n) is 17.3. The van der Waals surface area contributed by atoms with Crippen molar-refractivity contribution in [2.75, 3.05) is 59.5 Å². The highest BCUT2D eigenvalue weighted by molar-refractivity contribution is 5.90. The largest absolute Gasteiger partial charge is 0.368 e. The number of likely N-dealkylation sites (N-methyl/N-ethyl adjacent to an activating group) is 1. The Balaban J connectivity index is 1.34. The predicted molar refractivity (Wildman–Crippen MR) is 184 cm³/mol. The zero-order chi connectivity index (χ0) is 35.3. The topological polar surface area (TPSA) is 85.4 Å². The second-order valence-corrected chi connectivity index (χ2v) is 17.3. The molecule has 4 heterocycles. The minimum atomic E-state index is -0.672. The molecule has 0 aromatic heterocycles. The molecule has 5 atom stereocenters. The van der Waals surface area contributed by atoms with Gasteiger partial charge < -0.3 is 24.8 Å². The molecular formula is C38H57F2N5O4. The van der Waals surface area contributed by atoms with Gasteiger partial charge in [0.25, 0.3) is 0 Å². The van der Waals surface area contributed by atoms with E-state index in [-0.39, 0.29) is 34.6 Å². The second kappa shape index (κ2) is 13.8. The quantitative estimate of drug-likeness (QED) is 0.478. The van der Waals surface area contributed by atoms with E-state index >= 15 is 9.18 Å². The Kier molecular flexibility index (Phi) is 10.2. The molecule has 11 heteroatoms. The van der Waals surface area contributed by atoms with Gasteiger partial charge in [-0.15, -0.1) is 0 Å². The summed E-state index contributed by atoms with van der Waals surface area (Å²) in [6.07, 6.45) is 4.94. The standard InChI is InChI=1S/C38H57F2N5O4/c1-36(2,3)44-23-28(27-10-9-26(39)21-30(27)40)29(24-44)34(47)45-22-25(20-31(45)35(48)43-17-15-42(6)16-18-43)38(13-11-37(4,5)12-14-38)41-33(46)32-8-7-19-49-32/h9-10,21,25,28-29,31-32H,7-8,11-20,22-24H2,1-6H3,(H,41,46)/t25-,28-,29+,31-,32?/m0/s1. The summed E-state index contributed by atoms with van der Waals surface area (Å²) in [6.45, 7) is 15.3. The Bertz CT molecular complexity index is 1390. The molecular weight excluding hydrogens is 628 g/mol. The van der Waals surface area contributed by atoms with E-state index in [1.807, 2.05) is 11.9 Å². The first-order valence-electron chi connectivity index (χ1n) is 18.5. The van der Waals surface area contributed by atoms with Gasteiger partial charge in [0.1, 0.15) is 23.8 Å². The van der Waals surface area contributed by atoms with Crippen LogP contribution in [0.15, 0.2) is 18.2 Å². The lowest BCUT2D eigenvalue weighted by Crippen LogP contribution is -2.59. The van der Waals surface area contributed by atoms with Crippen LogP contribution in [0.25, 0.3) is 0 Å². The van der Waals surface area contributed by atoms with Crippen molar-refractivity contribution in [2.45, 2.75) is 109 Å². The molecule has 3 amide bonds. The molecule has 1 aliphatic carbocycles. The van der Waals surface area contributed by atoms with E-state index in [4.69, 9.17) is 4.74 Å². The highest BCUT2D eigenvalue weighted by atomic mass is 19.1. The first-order chi connectivity index (χ1) is 23.1. The Morgan fingerprint density at radius 1 is 0.939 bits per heavy atom. The van der Waals surface area contributed by atoms with Crippen LogP contribution in [0.3, 0.4) is 0 Å². The van der Waals surface area contributed by atoms with Gasteiger partial charge >= 0.3 is 0 Å². The van der Waals surface area contributed by atoms with E-state index in [0.29, 0.717) is 57.7 Å². The van der Waals surface area contributed by atoms with Crippen LogP contribution in [0, 0.1) is 28.9 Å². The van der Waals surface area contributed by atoms with Gasteiger partial charge in [0.2, 0.25) is 17.7 Å². The molecule has 1 aromatic carbocycles. The van der Waals surface area contributed by atoms with Gasteiger partial charge in [0, 0.05) is 81.4 Å². The van der Waals surface area contributed by atoms with Crippen LogP contribution in [0.4, 0.5) is 8.78 Å². The summed E-state index contributed by atoms with van der Waals surface area (Å²) in [6, 6.07) is 2.96. The van der Waals surface area contributed by atoms with E-state index in [9.17, 15) is 14.0 Å². The number of amides is 3. The van der Waals surface area contributed by atoms with Crippen molar-refractivity contribution >= 4 is 17.7 Å². The molecule has 1 unspecified atom stereocenters. The highest BCUT2D eigenvalue weighted by Gasteiger charge is 2.55. The summed E-state index contributed by atoms with van der Waals surface area (Å²) in [5.74, 6) is -2.82. The number of rotatable bonds is 6. The summed E-state index contributed by atoms with van der Waals surface area (Å²) in [5.41, 5.74) is -0.380. The molecule has 6 rings (SSSR count). The zero-order valence-corrected chi connectivity index (χ0v) is 30.4. The smallest absolute Gasteiger partial charge is 0.249 e. The van der Waals surface area contributed by atoms with Crippen molar-refractivity contribution in [1.29, 1.82) is 0 Å². The Morgan fingerprint density at radius 3 is 2.24 bits per heavy atom. The average Bonchev–Trinajstić information content (AvgIpc) is 3.82.